The quantitative estimate of drug-likeness (QED) is 0.383. The molecule has 12 heteroatoms. The van der Waals surface area contributed by atoms with E-state index in [4.69, 9.17) is 16.3 Å². The molecule has 9 nitrogen and oxygen atoms in total. The lowest BCUT2D eigenvalue weighted by atomic mass is 10.3. The summed E-state index contributed by atoms with van der Waals surface area (Å²) in [5, 5.41) is 2.46. The van der Waals surface area contributed by atoms with E-state index in [0.29, 0.717) is 18.0 Å². The fourth-order valence-corrected chi connectivity index (χ4v) is 5.54. The van der Waals surface area contributed by atoms with Crippen LogP contribution in [0, 0.1) is 0 Å². The normalized spacial score (nSPS) is 11.5. The molecule has 3 N–H and O–H groups in total. The van der Waals surface area contributed by atoms with Gasteiger partial charge in [0.2, 0.25) is 5.91 Å². The van der Waals surface area contributed by atoms with Crippen molar-refractivity contribution in [3.05, 3.63) is 71.8 Å². The maximum atomic E-state index is 12.9. The Morgan fingerprint density at radius 3 is 1.97 bits per heavy atom. The Bertz CT molecular complexity index is 1390. The van der Waals surface area contributed by atoms with Crippen molar-refractivity contribution in [2.45, 2.75) is 23.6 Å². The van der Waals surface area contributed by atoms with Crippen molar-refractivity contribution in [1.29, 1.82) is 0 Å². The fraction of sp³-hybridized carbons (Fsp3) is 0.136. The molecule has 0 aliphatic carbocycles. The van der Waals surface area contributed by atoms with Gasteiger partial charge in [0.1, 0.15) is 10.6 Å². The molecular weight excluding hydrogens is 502 g/mol. The molecule has 0 fully saturated rings. The van der Waals surface area contributed by atoms with Crippen LogP contribution in [0.5, 0.6) is 5.75 Å². The molecule has 0 atom stereocenters. The zero-order chi connectivity index (χ0) is 24.9. The molecule has 0 unspecified atom stereocenters. The highest BCUT2D eigenvalue weighted by Gasteiger charge is 2.21. The van der Waals surface area contributed by atoms with Crippen molar-refractivity contribution in [3.63, 3.8) is 0 Å². The first-order chi connectivity index (χ1) is 16.0. The molecule has 3 aromatic rings. The van der Waals surface area contributed by atoms with Crippen molar-refractivity contribution in [2.24, 2.45) is 0 Å². The van der Waals surface area contributed by atoms with E-state index in [1.54, 1.807) is 12.1 Å². The number of halogens is 1. The zero-order valence-electron chi connectivity index (χ0n) is 18.2. The lowest BCUT2D eigenvalue weighted by molar-refractivity contribution is -0.114. The second-order valence-corrected chi connectivity index (χ2v) is 10.8. The number of anilines is 3. The summed E-state index contributed by atoms with van der Waals surface area (Å²) in [5.41, 5.74) is 0.721. The van der Waals surface area contributed by atoms with Gasteiger partial charge in [0.15, 0.2) is 0 Å². The molecule has 1 amide bonds. The number of ether oxygens (including phenoxy) is 1. The van der Waals surface area contributed by atoms with Crippen LogP contribution in [0.1, 0.15) is 13.8 Å². The lowest BCUT2D eigenvalue weighted by Gasteiger charge is -2.13. The highest BCUT2D eigenvalue weighted by molar-refractivity contribution is 7.93. The second kappa shape index (κ2) is 10.3. The lowest BCUT2D eigenvalue weighted by Crippen LogP contribution is -2.16. The van der Waals surface area contributed by atoms with Gasteiger partial charge in [0, 0.05) is 18.3 Å². The minimum absolute atomic E-state index is 0.00223. The number of carbonyl (C=O) groups excluding carboxylic acids is 1. The van der Waals surface area contributed by atoms with Crippen LogP contribution in [0.25, 0.3) is 0 Å². The first-order valence-electron chi connectivity index (χ1n) is 9.96. The third kappa shape index (κ3) is 6.40. The van der Waals surface area contributed by atoms with Crippen molar-refractivity contribution in [2.75, 3.05) is 21.4 Å². The SMILES string of the molecule is CCOc1ccc(NS(=O)(=O)c2cc(NS(=O)(=O)c3ccc(NC(C)=O)cc3)ccc2Cl)cc1. The summed E-state index contributed by atoms with van der Waals surface area (Å²) in [6.07, 6.45) is 0. The third-order valence-electron chi connectivity index (χ3n) is 4.38. The number of carbonyl (C=O) groups is 1. The van der Waals surface area contributed by atoms with Crippen LogP contribution >= 0.6 is 11.6 Å². The smallest absolute Gasteiger partial charge is 0.263 e. The van der Waals surface area contributed by atoms with Crippen LogP contribution < -0.4 is 19.5 Å². The molecule has 0 spiro atoms. The van der Waals surface area contributed by atoms with E-state index >= 15 is 0 Å². The van der Waals surface area contributed by atoms with Gasteiger partial charge in [-0.25, -0.2) is 16.8 Å². The zero-order valence-corrected chi connectivity index (χ0v) is 20.6. The molecule has 3 aromatic carbocycles. The van der Waals surface area contributed by atoms with Crippen LogP contribution in [0.4, 0.5) is 17.1 Å². The average molecular weight is 524 g/mol. The van der Waals surface area contributed by atoms with Crippen molar-refractivity contribution in [1.82, 2.24) is 0 Å². The maximum Gasteiger partial charge on any atom is 0.263 e. The van der Waals surface area contributed by atoms with Gasteiger partial charge >= 0.3 is 0 Å². The van der Waals surface area contributed by atoms with Crippen molar-refractivity contribution >= 4 is 54.6 Å². The summed E-state index contributed by atoms with van der Waals surface area (Å²) >= 11 is 6.11. The molecular formula is C22H22ClN3O6S2. The first-order valence-corrected chi connectivity index (χ1v) is 13.3. The molecule has 0 aliphatic rings. The number of hydrogen-bond donors (Lipinski definition) is 3. The standard InChI is InChI=1S/C22H22ClN3O6S2/c1-3-32-19-9-4-17(5-10-19)25-34(30,31)22-14-18(8-13-21(22)23)26-33(28,29)20-11-6-16(7-12-20)24-15(2)27/h4-14,25-26H,3H2,1-2H3,(H,24,27). The molecule has 34 heavy (non-hydrogen) atoms. The number of hydrogen-bond acceptors (Lipinski definition) is 6. The molecule has 0 aromatic heterocycles. The summed E-state index contributed by atoms with van der Waals surface area (Å²) in [6.45, 7) is 3.65. The van der Waals surface area contributed by atoms with Gasteiger partial charge in [-0.3, -0.25) is 14.2 Å². The Kier molecular flexibility index (Phi) is 7.70. The fourth-order valence-electron chi connectivity index (χ4n) is 2.90. The average Bonchev–Trinajstić information content (AvgIpc) is 2.76. The van der Waals surface area contributed by atoms with E-state index in [1.165, 1.54) is 55.5 Å². The largest absolute Gasteiger partial charge is 0.494 e. The predicted octanol–water partition coefficient (Wildman–Crippen LogP) is 4.30. The van der Waals surface area contributed by atoms with Crippen LogP contribution in [0.3, 0.4) is 0 Å². The van der Waals surface area contributed by atoms with E-state index < -0.39 is 20.0 Å². The van der Waals surface area contributed by atoms with E-state index in [2.05, 4.69) is 14.8 Å². The van der Waals surface area contributed by atoms with Gasteiger partial charge in [-0.2, -0.15) is 0 Å². The Labute approximate surface area is 203 Å². The Balaban J connectivity index is 1.82. The van der Waals surface area contributed by atoms with E-state index in [9.17, 15) is 21.6 Å². The number of amides is 1. The number of sulfonamides is 2. The maximum absolute atomic E-state index is 12.9. The Morgan fingerprint density at radius 1 is 0.824 bits per heavy atom. The second-order valence-electron chi connectivity index (χ2n) is 7.02. The first kappa shape index (κ1) is 25.3. The van der Waals surface area contributed by atoms with Crippen LogP contribution in [0.2, 0.25) is 5.02 Å². The van der Waals surface area contributed by atoms with Crippen LogP contribution in [-0.2, 0) is 24.8 Å². The molecule has 0 aliphatic heterocycles. The van der Waals surface area contributed by atoms with Gasteiger partial charge in [-0.15, -0.1) is 0 Å². The molecule has 180 valence electrons. The highest BCUT2D eigenvalue weighted by atomic mass is 35.5. The summed E-state index contributed by atoms with van der Waals surface area (Å²) < 4.78 is 61.4. The molecule has 0 bridgehead atoms. The van der Waals surface area contributed by atoms with Crippen LogP contribution in [-0.4, -0.2) is 29.3 Å². The van der Waals surface area contributed by atoms with Gasteiger partial charge in [0.05, 0.1) is 22.2 Å². The number of benzene rings is 3. The Morgan fingerprint density at radius 2 is 1.38 bits per heavy atom. The van der Waals surface area contributed by atoms with Gasteiger partial charge in [0.25, 0.3) is 20.0 Å². The highest BCUT2D eigenvalue weighted by Crippen LogP contribution is 2.29. The molecule has 3 rings (SSSR count). The number of rotatable bonds is 9. The predicted molar refractivity (Wildman–Crippen MR) is 131 cm³/mol. The van der Waals surface area contributed by atoms with Crippen molar-refractivity contribution < 1.29 is 26.4 Å². The summed E-state index contributed by atoms with van der Waals surface area (Å²) in [7, 11) is -8.16. The molecule has 0 heterocycles. The van der Waals surface area contributed by atoms with Gasteiger partial charge in [-0.05, 0) is 73.7 Å². The minimum Gasteiger partial charge on any atom is -0.494 e. The monoisotopic (exact) mass is 523 g/mol. The molecule has 0 saturated carbocycles. The summed E-state index contributed by atoms with van der Waals surface area (Å²) in [4.78, 5) is 10.7. The van der Waals surface area contributed by atoms with E-state index in [1.807, 2.05) is 6.92 Å². The molecule has 0 radical (unpaired) electrons. The molecule has 0 saturated heterocycles. The topological polar surface area (TPSA) is 131 Å². The van der Waals surface area contributed by atoms with Gasteiger partial charge in [-0.1, -0.05) is 11.6 Å². The summed E-state index contributed by atoms with van der Waals surface area (Å²) in [5.74, 6) is 0.299. The van der Waals surface area contributed by atoms with E-state index in [0.717, 1.165) is 6.07 Å². The van der Waals surface area contributed by atoms with Crippen LogP contribution in [0.15, 0.2) is 76.5 Å². The van der Waals surface area contributed by atoms with E-state index in [-0.39, 0.29) is 32.1 Å². The van der Waals surface area contributed by atoms with Crippen molar-refractivity contribution in [3.8, 4) is 5.75 Å². The minimum atomic E-state index is -4.13. The third-order valence-corrected chi connectivity index (χ3v) is 7.64. The Hall–Kier alpha value is -3.28. The van der Waals surface area contributed by atoms with Gasteiger partial charge < -0.3 is 10.1 Å². The number of nitrogens with one attached hydrogen (secondary N) is 3. The summed E-state index contributed by atoms with van der Waals surface area (Å²) in [6, 6.07) is 15.6.